The van der Waals surface area contributed by atoms with Gasteiger partial charge in [-0.25, -0.2) is 0 Å². The minimum Gasteiger partial charge on any atom is -0.378 e. The van der Waals surface area contributed by atoms with E-state index in [1.807, 2.05) is 91.8 Å². The molecule has 0 bridgehead atoms. The predicted molar refractivity (Wildman–Crippen MR) is 164 cm³/mol. The number of hydrogen-bond donors (Lipinski definition) is 3. The molecule has 0 fully saturated rings. The van der Waals surface area contributed by atoms with Gasteiger partial charge in [-0.3, -0.25) is 14.4 Å². The molecule has 0 aliphatic rings. The maximum atomic E-state index is 13.3. The first-order valence-corrected chi connectivity index (χ1v) is 13.6. The fourth-order valence-corrected chi connectivity index (χ4v) is 4.38. The summed E-state index contributed by atoms with van der Waals surface area (Å²) in [5, 5.41) is 8.47. The molecule has 7 nitrogen and oxygen atoms in total. The number of anilines is 3. The van der Waals surface area contributed by atoms with Crippen molar-refractivity contribution in [1.82, 2.24) is 5.32 Å². The predicted octanol–water partition coefficient (Wildman–Crippen LogP) is 5.89. The molecule has 0 radical (unpaired) electrons. The van der Waals surface area contributed by atoms with Gasteiger partial charge in [-0.15, -0.1) is 11.8 Å². The molecular weight excluding hydrogens is 520 g/mol. The highest BCUT2D eigenvalue weighted by Crippen LogP contribution is 2.21. The number of nitrogens with one attached hydrogen (secondary N) is 3. The highest BCUT2D eigenvalue weighted by Gasteiger charge is 2.15. The Kier molecular flexibility index (Phi) is 9.74. The first kappa shape index (κ1) is 28.2. The van der Waals surface area contributed by atoms with Gasteiger partial charge in [0.2, 0.25) is 5.91 Å². The molecule has 3 amide bonds. The minimum atomic E-state index is -0.455. The Bertz CT molecular complexity index is 1470. The monoisotopic (exact) mass is 550 g/mol. The van der Waals surface area contributed by atoms with Crippen molar-refractivity contribution in [3.05, 3.63) is 126 Å². The van der Waals surface area contributed by atoms with Crippen LogP contribution < -0.4 is 20.9 Å². The van der Waals surface area contributed by atoms with E-state index in [1.54, 1.807) is 42.5 Å². The second-order valence-corrected chi connectivity index (χ2v) is 10.1. The molecule has 202 valence electrons. The van der Waals surface area contributed by atoms with Crippen molar-refractivity contribution >= 4 is 52.6 Å². The molecular formula is C32H30N4O3S. The van der Waals surface area contributed by atoms with Crippen LogP contribution >= 0.6 is 11.8 Å². The summed E-state index contributed by atoms with van der Waals surface area (Å²) in [6.07, 6.45) is 1.64. The molecule has 3 N–H and O–H groups in total. The van der Waals surface area contributed by atoms with E-state index >= 15 is 0 Å². The standard InChI is InChI=1S/C32H30N4O3S/c1-36(2)27-17-13-23(14-18-27)21-29(35-31(38)24-9-5-3-6-10-24)32(39)34-26-15-19-28(20-16-26)40-22-30(37)33-25-11-7-4-8-12-25/h3-21H,22H2,1-2H3,(H,33,37)(H,34,39)(H,35,38)/b29-21-. The van der Waals surface area contributed by atoms with E-state index in [0.717, 1.165) is 21.8 Å². The Balaban J connectivity index is 1.43. The molecule has 0 spiro atoms. The normalized spacial score (nSPS) is 10.9. The van der Waals surface area contributed by atoms with Gasteiger partial charge in [-0.1, -0.05) is 48.5 Å². The van der Waals surface area contributed by atoms with E-state index in [2.05, 4.69) is 16.0 Å². The summed E-state index contributed by atoms with van der Waals surface area (Å²) in [5.41, 5.74) is 3.66. The maximum absolute atomic E-state index is 13.3. The third-order valence-corrected chi connectivity index (χ3v) is 6.80. The Morgan fingerprint density at radius 1 is 0.725 bits per heavy atom. The van der Waals surface area contributed by atoms with Gasteiger partial charge in [-0.05, 0) is 72.3 Å². The van der Waals surface area contributed by atoms with Crippen molar-refractivity contribution in [1.29, 1.82) is 0 Å². The highest BCUT2D eigenvalue weighted by atomic mass is 32.2. The van der Waals surface area contributed by atoms with Crippen molar-refractivity contribution in [2.45, 2.75) is 4.90 Å². The zero-order valence-corrected chi connectivity index (χ0v) is 23.1. The van der Waals surface area contributed by atoms with E-state index < -0.39 is 5.91 Å². The van der Waals surface area contributed by atoms with Crippen molar-refractivity contribution in [3.63, 3.8) is 0 Å². The lowest BCUT2D eigenvalue weighted by Crippen LogP contribution is -2.30. The lowest BCUT2D eigenvalue weighted by Gasteiger charge is -2.13. The van der Waals surface area contributed by atoms with Crippen molar-refractivity contribution in [2.24, 2.45) is 0 Å². The van der Waals surface area contributed by atoms with Crippen molar-refractivity contribution < 1.29 is 14.4 Å². The first-order chi connectivity index (χ1) is 19.4. The zero-order valence-electron chi connectivity index (χ0n) is 22.3. The van der Waals surface area contributed by atoms with E-state index in [0.29, 0.717) is 11.3 Å². The van der Waals surface area contributed by atoms with Crippen LogP contribution in [0.4, 0.5) is 17.1 Å². The molecule has 8 heteroatoms. The molecule has 4 aromatic carbocycles. The van der Waals surface area contributed by atoms with Crippen LogP contribution in [0.1, 0.15) is 15.9 Å². The fraction of sp³-hybridized carbons (Fsp3) is 0.0938. The number of hydrogen-bond acceptors (Lipinski definition) is 5. The molecule has 0 atom stereocenters. The lowest BCUT2D eigenvalue weighted by atomic mass is 10.1. The van der Waals surface area contributed by atoms with E-state index in [1.165, 1.54) is 11.8 Å². The average Bonchev–Trinajstić information content (AvgIpc) is 2.97. The summed E-state index contributed by atoms with van der Waals surface area (Å²) in [6.45, 7) is 0. The second kappa shape index (κ2) is 13.8. The van der Waals surface area contributed by atoms with Gasteiger partial charge in [0.1, 0.15) is 5.70 Å². The molecule has 0 heterocycles. The third-order valence-electron chi connectivity index (χ3n) is 5.79. The smallest absolute Gasteiger partial charge is 0.272 e. The summed E-state index contributed by atoms with van der Waals surface area (Å²) < 4.78 is 0. The molecule has 0 aliphatic carbocycles. The van der Waals surface area contributed by atoms with Gasteiger partial charge in [0.05, 0.1) is 5.75 Å². The lowest BCUT2D eigenvalue weighted by molar-refractivity contribution is -0.114. The molecule has 0 unspecified atom stereocenters. The van der Waals surface area contributed by atoms with Crippen LogP contribution in [0.3, 0.4) is 0 Å². The summed E-state index contributed by atoms with van der Waals surface area (Å²) >= 11 is 1.40. The van der Waals surface area contributed by atoms with Crippen LogP contribution in [0.25, 0.3) is 6.08 Å². The molecule has 0 aromatic heterocycles. The van der Waals surface area contributed by atoms with Crippen LogP contribution in [-0.4, -0.2) is 37.6 Å². The van der Waals surface area contributed by atoms with Gasteiger partial charge in [0.15, 0.2) is 0 Å². The Labute approximate surface area is 238 Å². The number of amides is 3. The van der Waals surface area contributed by atoms with Gasteiger partial charge in [0.25, 0.3) is 11.8 Å². The van der Waals surface area contributed by atoms with Crippen LogP contribution in [0.2, 0.25) is 0 Å². The largest absolute Gasteiger partial charge is 0.378 e. The number of carbonyl (C=O) groups is 3. The number of thioether (sulfide) groups is 1. The number of rotatable bonds is 10. The minimum absolute atomic E-state index is 0.101. The topological polar surface area (TPSA) is 90.5 Å². The van der Waals surface area contributed by atoms with Crippen LogP contribution in [0.5, 0.6) is 0 Å². The van der Waals surface area contributed by atoms with Crippen LogP contribution in [0, 0.1) is 0 Å². The highest BCUT2D eigenvalue weighted by molar-refractivity contribution is 8.00. The molecule has 0 saturated heterocycles. The molecule has 4 aromatic rings. The van der Waals surface area contributed by atoms with Gasteiger partial charge in [0, 0.05) is 41.6 Å². The number of carbonyl (C=O) groups excluding carboxylic acids is 3. The number of para-hydroxylation sites is 1. The van der Waals surface area contributed by atoms with Gasteiger partial charge in [-0.2, -0.15) is 0 Å². The summed E-state index contributed by atoms with van der Waals surface area (Å²) in [6, 6.07) is 32.9. The summed E-state index contributed by atoms with van der Waals surface area (Å²) in [4.78, 5) is 41.2. The molecule has 4 rings (SSSR count). The summed E-state index contributed by atoms with van der Waals surface area (Å²) in [7, 11) is 3.90. The van der Waals surface area contributed by atoms with Crippen LogP contribution in [0.15, 0.2) is 120 Å². The van der Waals surface area contributed by atoms with Crippen molar-refractivity contribution in [2.75, 3.05) is 35.4 Å². The van der Waals surface area contributed by atoms with Crippen molar-refractivity contribution in [3.8, 4) is 0 Å². The Hall–Kier alpha value is -4.82. The van der Waals surface area contributed by atoms with Crippen LogP contribution in [-0.2, 0) is 9.59 Å². The number of nitrogens with zero attached hydrogens (tertiary/aromatic N) is 1. The van der Waals surface area contributed by atoms with Gasteiger partial charge < -0.3 is 20.9 Å². The number of benzene rings is 4. The zero-order chi connectivity index (χ0) is 28.3. The average molecular weight is 551 g/mol. The summed E-state index contributed by atoms with van der Waals surface area (Å²) in [5.74, 6) is -0.682. The Morgan fingerprint density at radius 3 is 1.95 bits per heavy atom. The van der Waals surface area contributed by atoms with Gasteiger partial charge >= 0.3 is 0 Å². The molecule has 0 saturated carbocycles. The van der Waals surface area contributed by atoms with E-state index in [-0.39, 0.29) is 23.3 Å². The van der Waals surface area contributed by atoms with E-state index in [4.69, 9.17) is 0 Å². The molecule has 40 heavy (non-hydrogen) atoms. The van der Waals surface area contributed by atoms with E-state index in [9.17, 15) is 14.4 Å². The quantitative estimate of drug-likeness (QED) is 0.169. The third kappa shape index (κ3) is 8.34. The molecule has 0 aliphatic heterocycles. The SMILES string of the molecule is CN(C)c1ccc(/C=C(\NC(=O)c2ccccc2)C(=O)Nc2ccc(SCC(=O)Nc3ccccc3)cc2)cc1. The fourth-order valence-electron chi connectivity index (χ4n) is 3.68. The maximum Gasteiger partial charge on any atom is 0.272 e. The second-order valence-electron chi connectivity index (χ2n) is 9.05. The first-order valence-electron chi connectivity index (χ1n) is 12.6. The Morgan fingerprint density at radius 2 is 1.32 bits per heavy atom.